The Morgan fingerprint density at radius 1 is 1.04 bits per heavy atom. The maximum absolute atomic E-state index is 12.5. The fraction of sp³-hybridized carbons (Fsp3) is 0.278. The summed E-state index contributed by atoms with van der Waals surface area (Å²) in [6.45, 7) is 4.02. The number of halogens is 1. The first kappa shape index (κ1) is 15.8. The third kappa shape index (κ3) is 3.84. The second-order valence-corrected chi connectivity index (χ2v) is 6.13. The SMILES string of the molecule is O=C(c1ccc(O)c(Cl)c1)N1CCN(Cc2ccccc2)CC1. The van der Waals surface area contributed by atoms with Gasteiger partial charge >= 0.3 is 0 Å². The maximum atomic E-state index is 12.5. The average Bonchev–Trinajstić information content (AvgIpc) is 2.58. The number of carbonyl (C=O) groups is 1. The van der Waals surface area contributed by atoms with Crippen molar-refractivity contribution in [1.29, 1.82) is 0 Å². The molecule has 1 saturated heterocycles. The molecule has 1 N–H and O–H groups in total. The van der Waals surface area contributed by atoms with E-state index in [0.29, 0.717) is 18.7 Å². The number of amides is 1. The molecule has 4 nitrogen and oxygen atoms in total. The molecule has 0 atom stereocenters. The van der Waals surface area contributed by atoms with E-state index in [1.165, 1.54) is 17.7 Å². The number of aromatic hydroxyl groups is 1. The molecular weight excluding hydrogens is 312 g/mol. The molecule has 0 aliphatic carbocycles. The Labute approximate surface area is 140 Å². The third-order valence-corrected chi connectivity index (χ3v) is 4.41. The average molecular weight is 331 g/mol. The lowest BCUT2D eigenvalue weighted by Gasteiger charge is -2.34. The minimum Gasteiger partial charge on any atom is -0.506 e. The van der Waals surface area contributed by atoms with Gasteiger partial charge in [-0.1, -0.05) is 41.9 Å². The molecule has 1 fully saturated rings. The highest BCUT2D eigenvalue weighted by Gasteiger charge is 2.22. The van der Waals surface area contributed by atoms with Gasteiger partial charge in [0.1, 0.15) is 5.75 Å². The number of phenols is 1. The largest absolute Gasteiger partial charge is 0.506 e. The van der Waals surface area contributed by atoms with Crippen LogP contribution in [0, 0.1) is 0 Å². The molecule has 0 aromatic heterocycles. The van der Waals surface area contributed by atoms with E-state index in [9.17, 15) is 9.90 Å². The molecule has 2 aromatic rings. The molecule has 23 heavy (non-hydrogen) atoms. The van der Waals surface area contributed by atoms with E-state index in [4.69, 9.17) is 11.6 Å². The Kier molecular flexibility index (Phi) is 4.84. The van der Waals surface area contributed by atoms with E-state index in [1.54, 1.807) is 6.07 Å². The van der Waals surface area contributed by atoms with Gasteiger partial charge in [-0.05, 0) is 23.8 Å². The molecule has 0 saturated carbocycles. The quantitative estimate of drug-likeness (QED) is 0.941. The zero-order valence-corrected chi connectivity index (χ0v) is 13.5. The highest BCUT2D eigenvalue weighted by atomic mass is 35.5. The van der Waals surface area contributed by atoms with Crippen LogP contribution in [0.4, 0.5) is 0 Å². The van der Waals surface area contributed by atoms with Gasteiger partial charge in [0, 0.05) is 38.3 Å². The van der Waals surface area contributed by atoms with Crippen LogP contribution < -0.4 is 0 Å². The maximum Gasteiger partial charge on any atom is 0.253 e. The molecule has 2 aromatic carbocycles. The van der Waals surface area contributed by atoms with Crippen molar-refractivity contribution in [2.75, 3.05) is 26.2 Å². The second-order valence-electron chi connectivity index (χ2n) is 5.72. The summed E-state index contributed by atoms with van der Waals surface area (Å²) < 4.78 is 0. The highest BCUT2D eigenvalue weighted by molar-refractivity contribution is 6.32. The Balaban J connectivity index is 1.58. The molecule has 0 radical (unpaired) electrons. The summed E-state index contributed by atoms with van der Waals surface area (Å²) in [5.41, 5.74) is 1.81. The van der Waals surface area contributed by atoms with Crippen LogP contribution in [-0.4, -0.2) is 47.0 Å². The number of hydrogen-bond donors (Lipinski definition) is 1. The molecule has 1 amide bonds. The molecule has 0 bridgehead atoms. The van der Waals surface area contributed by atoms with Crippen LogP contribution in [-0.2, 0) is 6.54 Å². The summed E-state index contributed by atoms with van der Waals surface area (Å²) in [5, 5.41) is 9.65. The Morgan fingerprint density at radius 2 is 1.74 bits per heavy atom. The highest BCUT2D eigenvalue weighted by Crippen LogP contribution is 2.24. The van der Waals surface area contributed by atoms with Crippen molar-refractivity contribution < 1.29 is 9.90 Å². The first-order valence-electron chi connectivity index (χ1n) is 7.67. The molecule has 1 aliphatic heterocycles. The van der Waals surface area contributed by atoms with Gasteiger partial charge in [-0.25, -0.2) is 0 Å². The summed E-state index contributed by atoms with van der Waals surface area (Å²) in [6.07, 6.45) is 0. The van der Waals surface area contributed by atoms with Crippen molar-refractivity contribution in [2.24, 2.45) is 0 Å². The van der Waals surface area contributed by atoms with Crippen molar-refractivity contribution in [2.45, 2.75) is 6.54 Å². The van der Waals surface area contributed by atoms with Crippen LogP contribution in [0.25, 0.3) is 0 Å². The van der Waals surface area contributed by atoms with E-state index >= 15 is 0 Å². The van der Waals surface area contributed by atoms with Gasteiger partial charge in [0.05, 0.1) is 5.02 Å². The van der Waals surface area contributed by atoms with Crippen LogP contribution >= 0.6 is 11.6 Å². The minimum absolute atomic E-state index is 0.00380. The lowest BCUT2D eigenvalue weighted by Crippen LogP contribution is -2.48. The Hall–Kier alpha value is -2.04. The summed E-state index contributed by atoms with van der Waals surface area (Å²) >= 11 is 5.88. The second kappa shape index (κ2) is 7.02. The van der Waals surface area contributed by atoms with Crippen molar-refractivity contribution in [3.05, 3.63) is 64.7 Å². The van der Waals surface area contributed by atoms with Gasteiger partial charge in [0.15, 0.2) is 0 Å². The van der Waals surface area contributed by atoms with E-state index < -0.39 is 0 Å². The summed E-state index contributed by atoms with van der Waals surface area (Å²) in [6, 6.07) is 14.9. The summed E-state index contributed by atoms with van der Waals surface area (Å²) in [4.78, 5) is 16.7. The number of benzene rings is 2. The Bertz CT molecular complexity index is 683. The zero-order chi connectivity index (χ0) is 16.2. The topological polar surface area (TPSA) is 43.8 Å². The summed E-state index contributed by atoms with van der Waals surface area (Å²) in [5.74, 6) is -0.0397. The zero-order valence-electron chi connectivity index (χ0n) is 12.8. The minimum atomic E-state index is -0.0359. The number of piperazine rings is 1. The van der Waals surface area contributed by atoms with Crippen molar-refractivity contribution in [1.82, 2.24) is 9.80 Å². The van der Waals surface area contributed by atoms with E-state index in [0.717, 1.165) is 19.6 Å². The standard InChI is InChI=1S/C18H19ClN2O2/c19-16-12-15(6-7-17(16)22)18(23)21-10-8-20(9-11-21)13-14-4-2-1-3-5-14/h1-7,12,22H,8-11,13H2. The molecule has 1 heterocycles. The predicted molar refractivity (Wildman–Crippen MR) is 90.7 cm³/mol. The predicted octanol–water partition coefficient (Wildman–Crippen LogP) is 3.00. The molecule has 3 rings (SSSR count). The van der Waals surface area contributed by atoms with Crippen LogP contribution in [0.2, 0.25) is 5.02 Å². The Morgan fingerprint density at radius 3 is 2.39 bits per heavy atom. The van der Waals surface area contributed by atoms with E-state index in [1.807, 2.05) is 23.1 Å². The van der Waals surface area contributed by atoms with Crippen LogP contribution in [0.1, 0.15) is 15.9 Å². The van der Waals surface area contributed by atoms with Crippen molar-refractivity contribution in [3.63, 3.8) is 0 Å². The number of phenolic OH excluding ortho intramolecular Hbond substituents is 1. The van der Waals surface area contributed by atoms with Gasteiger partial charge in [0.25, 0.3) is 5.91 Å². The van der Waals surface area contributed by atoms with Crippen molar-refractivity contribution in [3.8, 4) is 5.75 Å². The molecule has 0 spiro atoms. The van der Waals surface area contributed by atoms with Gasteiger partial charge < -0.3 is 10.0 Å². The fourth-order valence-corrected chi connectivity index (χ4v) is 2.95. The van der Waals surface area contributed by atoms with Gasteiger partial charge in [-0.3, -0.25) is 9.69 Å². The number of carbonyl (C=O) groups excluding carboxylic acids is 1. The molecule has 0 unspecified atom stereocenters. The number of hydrogen-bond acceptors (Lipinski definition) is 3. The molecule has 120 valence electrons. The lowest BCUT2D eigenvalue weighted by molar-refractivity contribution is 0.0628. The van der Waals surface area contributed by atoms with Crippen LogP contribution in [0.5, 0.6) is 5.75 Å². The molecule has 5 heteroatoms. The smallest absolute Gasteiger partial charge is 0.253 e. The fourth-order valence-electron chi connectivity index (χ4n) is 2.77. The monoisotopic (exact) mass is 330 g/mol. The third-order valence-electron chi connectivity index (χ3n) is 4.10. The van der Waals surface area contributed by atoms with Gasteiger partial charge in [0.2, 0.25) is 0 Å². The number of rotatable bonds is 3. The van der Waals surface area contributed by atoms with Gasteiger partial charge in [-0.15, -0.1) is 0 Å². The molecular formula is C18H19ClN2O2. The van der Waals surface area contributed by atoms with E-state index in [-0.39, 0.29) is 16.7 Å². The van der Waals surface area contributed by atoms with Crippen molar-refractivity contribution >= 4 is 17.5 Å². The number of nitrogens with zero attached hydrogens (tertiary/aromatic N) is 2. The molecule has 1 aliphatic rings. The van der Waals surface area contributed by atoms with Crippen LogP contribution in [0.3, 0.4) is 0 Å². The van der Waals surface area contributed by atoms with Gasteiger partial charge in [-0.2, -0.15) is 0 Å². The first-order chi connectivity index (χ1) is 11.1. The lowest BCUT2D eigenvalue weighted by atomic mass is 10.1. The summed E-state index contributed by atoms with van der Waals surface area (Å²) in [7, 11) is 0. The van der Waals surface area contributed by atoms with E-state index in [2.05, 4.69) is 17.0 Å². The normalized spacial score (nSPS) is 15.6. The first-order valence-corrected chi connectivity index (χ1v) is 8.05. The van der Waals surface area contributed by atoms with Crippen LogP contribution in [0.15, 0.2) is 48.5 Å².